The summed E-state index contributed by atoms with van der Waals surface area (Å²) in [6.45, 7) is 2.24. The third kappa shape index (κ3) is 2.76. The van der Waals surface area contributed by atoms with Crippen LogP contribution in [0.4, 0.5) is 11.6 Å². The van der Waals surface area contributed by atoms with Gasteiger partial charge in [0, 0.05) is 12.1 Å². The van der Waals surface area contributed by atoms with Crippen molar-refractivity contribution in [2.75, 3.05) is 17.3 Å². The number of aliphatic hydroxyl groups is 1. The molecule has 0 saturated heterocycles. The molecule has 0 fully saturated rings. The van der Waals surface area contributed by atoms with E-state index in [0.717, 1.165) is 11.1 Å². The van der Waals surface area contributed by atoms with Crippen molar-refractivity contribution in [3.05, 3.63) is 34.3 Å². The SMILES string of the molecule is Cc1c(NN)ncnc1NCC(O)c1ccsc1. The quantitative estimate of drug-likeness (QED) is 0.480. The first-order valence-corrected chi connectivity index (χ1v) is 6.39. The van der Waals surface area contributed by atoms with Crippen LogP contribution in [0.15, 0.2) is 23.2 Å². The molecule has 2 rings (SSSR count). The van der Waals surface area contributed by atoms with Crippen molar-refractivity contribution < 1.29 is 5.11 Å². The molecule has 1 atom stereocenters. The summed E-state index contributed by atoms with van der Waals surface area (Å²) in [5, 5.41) is 16.9. The monoisotopic (exact) mass is 265 g/mol. The zero-order chi connectivity index (χ0) is 13.0. The Balaban J connectivity index is 2.02. The standard InChI is InChI=1S/C11H15N5OS/c1-7-10(14-6-15-11(7)16-12)13-4-9(17)8-2-3-18-5-8/h2-3,5-6,9,17H,4,12H2,1H3,(H2,13,14,15,16). The second-order valence-electron chi connectivity index (χ2n) is 3.79. The van der Waals surface area contributed by atoms with Crippen LogP contribution in [0, 0.1) is 6.92 Å². The molecule has 0 saturated carbocycles. The number of rotatable bonds is 5. The molecule has 5 N–H and O–H groups in total. The number of nitrogen functional groups attached to an aromatic ring is 1. The molecule has 0 aromatic carbocycles. The molecular weight excluding hydrogens is 250 g/mol. The number of anilines is 2. The van der Waals surface area contributed by atoms with Gasteiger partial charge in [-0.25, -0.2) is 15.8 Å². The first-order valence-electron chi connectivity index (χ1n) is 5.44. The summed E-state index contributed by atoms with van der Waals surface area (Å²) in [5.74, 6) is 6.56. The van der Waals surface area contributed by atoms with Crippen LogP contribution in [0.1, 0.15) is 17.2 Å². The molecule has 2 aromatic rings. The summed E-state index contributed by atoms with van der Waals surface area (Å²) in [4.78, 5) is 8.10. The molecular formula is C11H15N5OS. The Morgan fingerprint density at radius 2 is 2.22 bits per heavy atom. The number of nitrogens with one attached hydrogen (secondary N) is 2. The van der Waals surface area contributed by atoms with E-state index in [0.29, 0.717) is 18.2 Å². The van der Waals surface area contributed by atoms with Gasteiger partial charge in [-0.05, 0) is 29.3 Å². The average Bonchev–Trinajstić information content (AvgIpc) is 2.91. The minimum absolute atomic E-state index is 0.387. The van der Waals surface area contributed by atoms with Crippen molar-refractivity contribution >= 4 is 23.0 Å². The summed E-state index contributed by atoms with van der Waals surface area (Å²) < 4.78 is 0. The van der Waals surface area contributed by atoms with Gasteiger partial charge in [-0.1, -0.05) is 0 Å². The fourth-order valence-corrected chi connectivity index (χ4v) is 2.26. The minimum Gasteiger partial charge on any atom is -0.387 e. The first kappa shape index (κ1) is 12.7. The van der Waals surface area contributed by atoms with E-state index >= 15 is 0 Å². The molecule has 0 radical (unpaired) electrons. The molecule has 96 valence electrons. The fourth-order valence-electron chi connectivity index (χ4n) is 1.55. The zero-order valence-corrected chi connectivity index (χ0v) is 10.7. The van der Waals surface area contributed by atoms with Crippen LogP contribution >= 0.6 is 11.3 Å². The predicted octanol–water partition coefficient (Wildman–Crippen LogP) is 1.28. The topological polar surface area (TPSA) is 96.1 Å². The molecule has 2 aromatic heterocycles. The van der Waals surface area contributed by atoms with Gasteiger partial charge < -0.3 is 15.8 Å². The molecule has 18 heavy (non-hydrogen) atoms. The molecule has 2 heterocycles. The lowest BCUT2D eigenvalue weighted by Gasteiger charge is -2.13. The molecule has 0 amide bonds. The van der Waals surface area contributed by atoms with E-state index in [2.05, 4.69) is 20.7 Å². The Labute approximate surface area is 109 Å². The number of thiophene rings is 1. The molecule has 7 heteroatoms. The second-order valence-corrected chi connectivity index (χ2v) is 4.57. The molecule has 0 bridgehead atoms. The van der Waals surface area contributed by atoms with Gasteiger partial charge in [-0.15, -0.1) is 0 Å². The van der Waals surface area contributed by atoms with E-state index in [4.69, 9.17) is 5.84 Å². The van der Waals surface area contributed by atoms with E-state index in [-0.39, 0.29) is 0 Å². The number of aromatic nitrogens is 2. The van der Waals surface area contributed by atoms with Gasteiger partial charge in [0.25, 0.3) is 0 Å². The number of hydrogen-bond donors (Lipinski definition) is 4. The van der Waals surface area contributed by atoms with Crippen molar-refractivity contribution in [2.24, 2.45) is 5.84 Å². The second kappa shape index (κ2) is 5.76. The number of hydrogen-bond acceptors (Lipinski definition) is 7. The lowest BCUT2D eigenvalue weighted by atomic mass is 10.2. The smallest absolute Gasteiger partial charge is 0.148 e. The van der Waals surface area contributed by atoms with Crippen molar-refractivity contribution in [1.29, 1.82) is 0 Å². The van der Waals surface area contributed by atoms with Crippen LogP contribution in [0.2, 0.25) is 0 Å². The Bertz CT molecular complexity index is 502. The number of hydrazine groups is 1. The average molecular weight is 265 g/mol. The number of nitrogens with zero attached hydrogens (tertiary/aromatic N) is 2. The third-order valence-electron chi connectivity index (χ3n) is 2.61. The lowest BCUT2D eigenvalue weighted by Crippen LogP contribution is -2.16. The highest BCUT2D eigenvalue weighted by atomic mass is 32.1. The molecule has 0 spiro atoms. The lowest BCUT2D eigenvalue weighted by molar-refractivity contribution is 0.192. The molecule has 6 nitrogen and oxygen atoms in total. The summed E-state index contributed by atoms with van der Waals surface area (Å²) in [7, 11) is 0. The van der Waals surface area contributed by atoms with Crippen LogP contribution in [0.5, 0.6) is 0 Å². The van der Waals surface area contributed by atoms with Gasteiger partial charge in [0.2, 0.25) is 0 Å². The molecule has 0 aliphatic rings. The summed E-state index contributed by atoms with van der Waals surface area (Å²) in [6.07, 6.45) is 0.863. The largest absolute Gasteiger partial charge is 0.387 e. The minimum atomic E-state index is -0.556. The number of nitrogens with two attached hydrogens (primary N) is 1. The highest BCUT2D eigenvalue weighted by Gasteiger charge is 2.10. The van der Waals surface area contributed by atoms with E-state index in [1.807, 2.05) is 23.8 Å². The molecule has 1 unspecified atom stereocenters. The fraction of sp³-hybridized carbons (Fsp3) is 0.273. The molecule has 0 aliphatic carbocycles. The van der Waals surface area contributed by atoms with Gasteiger partial charge >= 0.3 is 0 Å². The van der Waals surface area contributed by atoms with Crippen LogP contribution in [-0.2, 0) is 0 Å². The summed E-state index contributed by atoms with van der Waals surface area (Å²) in [5.41, 5.74) is 4.22. The van der Waals surface area contributed by atoms with E-state index in [1.54, 1.807) is 11.3 Å². The predicted molar refractivity (Wildman–Crippen MR) is 72.3 cm³/mol. The van der Waals surface area contributed by atoms with Crippen LogP contribution < -0.4 is 16.6 Å². The number of aliphatic hydroxyl groups excluding tert-OH is 1. The van der Waals surface area contributed by atoms with Crippen molar-refractivity contribution in [3.63, 3.8) is 0 Å². The molecule has 0 aliphatic heterocycles. The van der Waals surface area contributed by atoms with Crippen LogP contribution in [0.3, 0.4) is 0 Å². The van der Waals surface area contributed by atoms with Gasteiger partial charge in [-0.2, -0.15) is 11.3 Å². The normalized spacial score (nSPS) is 12.2. The van der Waals surface area contributed by atoms with E-state index < -0.39 is 6.10 Å². The Hall–Kier alpha value is -1.70. The van der Waals surface area contributed by atoms with Gasteiger partial charge in [-0.3, -0.25) is 0 Å². The highest BCUT2D eigenvalue weighted by Crippen LogP contribution is 2.20. The maximum atomic E-state index is 9.95. The van der Waals surface area contributed by atoms with Crippen molar-refractivity contribution in [3.8, 4) is 0 Å². The maximum Gasteiger partial charge on any atom is 0.148 e. The summed E-state index contributed by atoms with van der Waals surface area (Å²) >= 11 is 1.56. The Morgan fingerprint density at radius 3 is 2.89 bits per heavy atom. The first-order chi connectivity index (χ1) is 8.72. The van der Waals surface area contributed by atoms with Gasteiger partial charge in [0.1, 0.15) is 18.0 Å². The van der Waals surface area contributed by atoms with E-state index in [1.165, 1.54) is 6.33 Å². The van der Waals surface area contributed by atoms with Gasteiger partial charge in [0.05, 0.1) is 6.10 Å². The van der Waals surface area contributed by atoms with Gasteiger partial charge in [0.15, 0.2) is 0 Å². The Kier molecular flexibility index (Phi) is 4.08. The zero-order valence-electron chi connectivity index (χ0n) is 9.92. The van der Waals surface area contributed by atoms with Crippen molar-refractivity contribution in [1.82, 2.24) is 9.97 Å². The van der Waals surface area contributed by atoms with E-state index in [9.17, 15) is 5.11 Å². The third-order valence-corrected chi connectivity index (χ3v) is 3.31. The van der Waals surface area contributed by atoms with Crippen molar-refractivity contribution in [2.45, 2.75) is 13.0 Å². The van der Waals surface area contributed by atoms with Crippen LogP contribution in [-0.4, -0.2) is 21.6 Å². The van der Waals surface area contributed by atoms with Crippen LogP contribution in [0.25, 0.3) is 0 Å². The summed E-state index contributed by atoms with van der Waals surface area (Å²) in [6, 6.07) is 1.90. The highest BCUT2D eigenvalue weighted by molar-refractivity contribution is 7.07. The Morgan fingerprint density at radius 1 is 1.44 bits per heavy atom. The maximum absolute atomic E-state index is 9.95.